The molecule has 0 aliphatic carbocycles. The number of nitrogens with zero attached hydrogens (tertiary/aromatic N) is 1. The van der Waals surface area contributed by atoms with E-state index in [1.165, 1.54) is 37.4 Å². The first-order chi connectivity index (χ1) is 21.5. The van der Waals surface area contributed by atoms with Gasteiger partial charge in [-0.25, -0.2) is 17.6 Å². The molecular formula is C30H37FN2O11S. The van der Waals surface area contributed by atoms with Crippen LogP contribution in [0.1, 0.15) is 28.9 Å². The number of nitrogens with one attached hydrogen (secondary N) is 1. The average Bonchev–Trinajstić information content (AvgIpc) is 3.31. The minimum atomic E-state index is -3.91. The highest BCUT2D eigenvalue weighted by molar-refractivity contribution is 7.92. The summed E-state index contributed by atoms with van der Waals surface area (Å²) >= 11 is 0. The summed E-state index contributed by atoms with van der Waals surface area (Å²) in [5, 5.41) is 2.98. The molecule has 0 fully saturated rings. The van der Waals surface area contributed by atoms with Gasteiger partial charge in [0.15, 0.2) is 0 Å². The Balaban J connectivity index is 1.50. The largest absolute Gasteiger partial charge is 0.455 e. The number of amides is 1. The van der Waals surface area contributed by atoms with Gasteiger partial charge in [-0.1, -0.05) is 0 Å². The monoisotopic (exact) mass is 652 g/mol. The first-order valence-corrected chi connectivity index (χ1v) is 16.0. The molecule has 0 spiro atoms. The molecule has 1 aromatic heterocycles. The number of ether oxygens (including phenoxy) is 6. The Morgan fingerprint density at radius 1 is 1.02 bits per heavy atom. The van der Waals surface area contributed by atoms with Crippen LogP contribution >= 0.6 is 0 Å². The fourth-order valence-corrected chi connectivity index (χ4v) is 5.63. The molecule has 13 nitrogen and oxygen atoms in total. The maximum atomic E-state index is 13.6. The molecule has 3 aromatic rings. The van der Waals surface area contributed by atoms with Crippen molar-refractivity contribution in [2.75, 3.05) is 77.5 Å². The van der Waals surface area contributed by atoms with Crippen LogP contribution in [0.2, 0.25) is 0 Å². The van der Waals surface area contributed by atoms with Crippen LogP contribution in [0, 0.1) is 5.82 Å². The van der Waals surface area contributed by atoms with Crippen molar-refractivity contribution in [2.45, 2.75) is 19.3 Å². The van der Waals surface area contributed by atoms with Crippen LogP contribution in [-0.2, 0) is 43.2 Å². The number of carbonyl (C=O) groups is 2. The number of halogens is 1. The number of furan rings is 1. The fourth-order valence-electron chi connectivity index (χ4n) is 4.72. The number of fused-ring (bicyclic) bond motifs is 2. The van der Waals surface area contributed by atoms with Crippen molar-refractivity contribution in [3.63, 3.8) is 0 Å². The maximum absolute atomic E-state index is 13.6. The average molecular weight is 653 g/mol. The summed E-state index contributed by atoms with van der Waals surface area (Å²) in [6.45, 7) is 3.01. The van der Waals surface area contributed by atoms with Gasteiger partial charge in [-0.2, -0.15) is 0 Å². The van der Waals surface area contributed by atoms with Gasteiger partial charge in [0.2, 0.25) is 16.3 Å². The summed E-state index contributed by atoms with van der Waals surface area (Å²) in [6.07, 6.45) is -1.02. The van der Waals surface area contributed by atoms with Gasteiger partial charge in [0.1, 0.15) is 23.8 Å². The standard InChI is InChI=1S/C30H37FN2O11S/c1-19-22-15-23-25(43-29(28(23)30(35)32-2)20-5-7-21(31)8-6-20)16-24(22)33(45(4,36)37)17-27(42-19)44-26(34)18-41-14-13-40-12-11-39-10-9-38-3/h5-8,15-16,19,27H,9-14,17-18H2,1-4H3,(H,32,35)/t19-,27?/m0/s1. The third-order valence-corrected chi connectivity index (χ3v) is 7.98. The zero-order valence-corrected chi connectivity index (χ0v) is 26.3. The van der Waals surface area contributed by atoms with Crippen molar-refractivity contribution in [1.82, 2.24) is 5.32 Å². The molecule has 0 saturated carbocycles. The van der Waals surface area contributed by atoms with Crippen LogP contribution in [0.3, 0.4) is 0 Å². The fraction of sp³-hybridized carbons (Fsp3) is 0.467. The molecule has 1 aliphatic rings. The van der Waals surface area contributed by atoms with E-state index in [2.05, 4.69) is 5.32 Å². The van der Waals surface area contributed by atoms with Crippen molar-refractivity contribution < 1.29 is 55.2 Å². The van der Waals surface area contributed by atoms with Gasteiger partial charge in [0.25, 0.3) is 5.91 Å². The Labute approximate surface area is 260 Å². The number of benzene rings is 2. The van der Waals surface area contributed by atoms with Crippen molar-refractivity contribution >= 4 is 38.6 Å². The second-order valence-corrected chi connectivity index (χ2v) is 12.0. The smallest absolute Gasteiger partial charge is 0.334 e. The summed E-state index contributed by atoms with van der Waals surface area (Å²) in [7, 11) is -0.857. The molecule has 4 rings (SSSR count). The molecule has 1 amide bonds. The van der Waals surface area contributed by atoms with E-state index in [1.54, 1.807) is 20.1 Å². The molecule has 2 heterocycles. The molecule has 0 radical (unpaired) electrons. The van der Waals surface area contributed by atoms with Gasteiger partial charge in [0, 0.05) is 36.7 Å². The van der Waals surface area contributed by atoms with E-state index in [1.807, 2.05) is 0 Å². The molecule has 0 saturated heterocycles. The molecule has 1 unspecified atom stereocenters. The van der Waals surface area contributed by atoms with Crippen LogP contribution in [0.5, 0.6) is 0 Å². The molecule has 2 aromatic carbocycles. The van der Waals surface area contributed by atoms with Gasteiger partial charge >= 0.3 is 5.97 Å². The Kier molecular flexibility index (Phi) is 11.9. The molecular weight excluding hydrogens is 615 g/mol. The summed E-state index contributed by atoms with van der Waals surface area (Å²) in [4.78, 5) is 25.5. The van der Waals surface area contributed by atoms with Crippen LogP contribution in [0.15, 0.2) is 40.8 Å². The van der Waals surface area contributed by atoms with Crippen molar-refractivity contribution in [2.24, 2.45) is 0 Å². The third kappa shape index (κ3) is 8.77. The molecule has 15 heteroatoms. The number of hydrogen-bond donors (Lipinski definition) is 1. The van der Waals surface area contributed by atoms with Crippen LogP contribution < -0.4 is 9.62 Å². The maximum Gasteiger partial charge on any atom is 0.334 e. The van der Waals surface area contributed by atoms with Gasteiger partial charge in [-0.05, 0) is 37.3 Å². The number of esters is 1. The van der Waals surface area contributed by atoms with E-state index in [9.17, 15) is 22.4 Å². The highest BCUT2D eigenvalue weighted by Crippen LogP contribution is 2.42. The van der Waals surface area contributed by atoms with Crippen LogP contribution in [-0.4, -0.2) is 99.8 Å². The van der Waals surface area contributed by atoms with E-state index in [0.29, 0.717) is 42.9 Å². The predicted molar refractivity (Wildman–Crippen MR) is 161 cm³/mol. The van der Waals surface area contributed by atoms with Gasteiger partial charge < -0.3 is 38.2 Å². The highest BCUT2D eigenvalue weighted by Gasteiger charge is 2.35. The molecule has 2 atom stereocenters. The molecule has 1 aliphatic heterocycles. The Hall–Kier alpha value is -3.60. The lowest BCUT2D eigenvalue weighted by atomic mass is 10.0. The molecule has 1 N–H and O–H groups in total. The lowest BCUT2D eigenvalue weighted by Crippen LogP contribution is -2.39. The minimum absolute atomic E-state index is 0.128. The second-order valence-electron chi connectivity index (χ2n) is 10.1. The minimum Gasteiger partial charge on any atom is -0.455 e. The van der Waals surface area contributed by atoms with Gasteiger partial charge in [-0.15, -0.1) is 0 Å². The first kappa shape index (κ1) is 34.3. The SMILES string of the molecule is CNC(=O)c1c(-c2ccc(F)cc2)oc2cc3c(cc12)[C@H](C)OC(OC(=O)COCCOCCOCCOC)CN3S(C)(=O)=O. The molecule has 45 heavy (non-hydrogen) atoms. The molecule has 246 valence electrons. The van der Waals surface area contributed by atoms with Gasteiger partial charge in [-0.3, -0.25) is 9.10 Å². The normalized spacial score (nSPS) is 16.8. The lowest BCUT2D eigenvalue weighted by Gasteiger charge is -2.24. The Morgan fingerprint density at radius 2 is 1.67 bits per heavy atom. The summed E-state index contributed by atoms with van der Waals surface area (Å²) in [5.74, 6) is -1.47. The zero-order chi connectivity index (χ0) is 32.6. The Morgan fingerprint density at radius 3 is 2.29 bits per heavy atom. The summed E-state index contributed by atoms with van der Waals surface area (Å²) in [6, 6.07) is 8.57. The van der Waals surface area contributed by atoms with E-state index in [0.717, 1.165) is 10.6 Å². The second kappa shape index (κ2) is 15.6. The van der Waals surface area contributed by atoms with Crippen LogP contribution in [0.4, 0.5) is 10.1 Å². The van der Waals surface area contributed by atoms with Gasteiger partial charge in [0.05, 0.1) is 69.8 Å². The summed E-state index contributed by atoms with van der Waals surface area (Å²) in [5.41, 5.74) is 1.52. The zero-order valence-electron chi connectivity index (χ0n) is 25.5. The number of methoxy groups -OCH3 is 1. The molecule has 0 bridgehead atoms. The van der Waals surface area contributed by atoms with Crippen molar-refractivity contribution in [1.29, 1.82) is 0 Å². The van der Waals surface area contributed by atoms with Crippen molar-refractivity contribution in [3.8, 4) is 11.3 Å². The quantitative estimate of drug-likeness (QED) is 0.191. The topological polar surface area (TPSA) is 152 Å². The number of rotatable bonds is 15. The van der Waals surface area contributed by atoms with E-state index in [-0.39, 0.29) is 42.4 Å². The van der Waals surface area contributed by atoms with Crippen molar-refractivity contribution in [3.05, 3.63) is 53.3 Å². The first-order valence-electron chi connectivity index (χ1n) is 14.2. The summed E-state index contributed by atoms with van der Waals surface area (Å²) < 4.78 is 79.0. The number of anilines is 1. The number of hydrogen-bond acceptors (Lipinski definition) is 11. The van der Waals surface area contributed by atoms with E-state index >= 15 is 0 Å². The third-order valence-electron chi connectivity index (χ3n) is 6.83. The number of sulfonamides is 1. The highest BCUT2D eigenvalue weighted by atomic mass is 32.2. The Bertz CT molecular complexity index is 1580. The van der Waals surface area contributed by atoms with Crippen LogP contribution in [0.25, 0.3) is 22.3 Å². The lowest BCUT2D eigenvalue weighted by molar-refractivity contribution is -0.189. The predicted octanol–water partition coefficient (Wildman–Crippen LogP) is 3.02. The number of carbonyl (C=O) groups excluding carboxylic acids is 2. The van der Waals surface area contributed by atoms with E-state index in [4.69, 9.17) is 32.8 Å². The van der Waals surface area contributed by atoms with E-state index < -0.39 is 46.7 Å².